The lowest BCUT2D eigenvalue weighted by atomic mass is 10.1. The lowest BCUT2D eigenvalue weighted by molar-refractivity contribution is 1.07. The fourth-order valence-electron chi connectivity index (χ4n) is 1.69. The van der Waals surface area contributed by atoms with Crippen LogP contribution in [0.2, 0.25) is 0 Å². The zero-order valence-corrected chi connectivity index (χ0v) is 9.13. The van der Waals surface area contributed by atoms with Gasteiger partial charge in [-0.05, 0) is 48.1 Å². The molecule has 0 aliphatic heterocycles. The Morgan fingerprint density at radius 1 is 1.27 bits per heavy atom. The third-order valence-corrected chi connectivity index (χ3v) is 3.55. The highest BCUT2D eigenvalue weighted by Crippen LogP contribution is 2.41. The number of aromatic nitrogens is 1. The number of benzene rings is 1. The van der Waals surface area contributed by atoms with Gasteiger partial charge in [-0.3, -0.25) is 0 Å². The zero-order valence-electron chi connectivity index (χ0n) is 8.31. The van der Waals surface area contributed by atoms with Gasteiger partial charge in [0.15, 0.2) is 0 Å². The summed E-state index contributed by atoms with van der Waals surface area (Å²) in [5.41, 5.74) is 9.01. The molecule has 0 amide bonds. The van der Waals surface area contributed by atoms with Crippen LogP contribution >= 0.6 is 11.5 Å². The number of hydrogen-bond donors (Lipinski definition) is 1. The van der Waals surface area contributed by atoms with Crippen molar-refractivity contribution in [2.45, 2.75) is 18.8 Å². The predicted molar refractivity (Wildman–Crippen MR) is 63.9 cm³/mol. The van der Waals surface area contributed by atoms with E-state index in [1.165, 1.54) is 29.0 Å². The smallest absolute Gasteiger partial charge is 0.0579 e. The van der Waals surface area contributed by atoms with Gasteiger partial charge in [0.1, 0.15) is 0 Å². The normalized spacial score (nSPS) is 15.5. The summed E-state index contributed by atoms with van der Waals surface area (Å²) in [6.45, 7) is 0. The van der Waals surface area contributed by atoms with E-state index in [2.05, 4.69) is 16.5 Å². The van der Waals surface area contributed by atoms with Crippen molar-refractivity contribution in [1.29, 1.82) is 0 Å². The van der Waals surface area contributed by atoms with Gasteiger partial charge in [0.05, 0.1) is 10.6 Å². The molecule has 0 spiro atoms. The van der Waals surface area contributed by atoms with Crippen molar-refractivity contribution in [2.75, 3.05) is 5.73 Å². The minimum atomic E-state index is 0.732. The van der Waals surface area contributed by atoms with Crippen LogP contribution in [0.25, 0.3) is 10.4 Å². The molecule has 1 saturated carbocycles. The maximum Gasteiger partial charge on any atom is 0.0579 e. The first-order valence-corrected chi connectivity index (χ1v) is 5.93. The second-order valence-corrected chi connectivity index (χ2v) is 4.82. The molecule has 2 aromatic rings. The molecule has 1 aliphatic rings. The molecule has 0 radical (unpaired) electrons. The Hall–Kier alpha value is -1.35. The average Bonchev–Trinajstić information content (AvgIpc) is 2.97. The number of rotatable bonds is 2. The van der Waals surface area contributed by atoms with Crippen LogP contribution < -0.4 is 5.73 Å². The molecular formula is C12H12N2S. The topological polar surface area (TPSA) is 38.9 Å². The van der Waals surface area contributed by atoms with E-state index >= 15 is 0 Å². The van der Waals surface area contributed by atoms with Gasteiger partial charge in [-0.15, -0.1) is 0 Å². The van der Waals surface area contributed by atoms with E-state index in [4.69, 9.17) is 5.73 Å². The van der Waals surface area contributed by atoms with Crippen LogP contribution in [-0.2, 0) is 0 Å². The van der Waals surface area contributed by atoms with Crippen molar-refractivity contribution in [3.8, 4) is 10.4 Å². The van der Waals surface area contributed by atoms with E-state index in [9.17, 15) is 0 Å². The molecule has 0 saturated heterocycles. The van der Waals surface area contributed by atoms with E-state index in [1.807, 2.05) is 18.2 Å². The molecule has 1 heterocycles. The van der Waals surface area contributed by atoms with Crippen LogP contribution in [0.3, 0.4) is 0 Å². The van der Waals surface area contributed by atoms with E-state index in [0.717, 1.165) is 11.6 Å². The number of nitrogens with zero attached hydrogens (tertiary/aromatic N) is 1. The second kappa shape index (κ2) is 3.35. The number of anilines is 1. The molecule has 3 rings (SSSR count). The highest BCUT2D eigenvalue weighted by Gasteiger charge is 2.26. The van der Waals surface area contributed by atoms with Crippen molar-refractivity contribution < 1.29 is 0 Å². The molecule has 1 aromatic carbocycles. The summed E-state index contributed by atoms with van der Waals surface area (Å²) in [5.74, 6) is 0.732. The lowest BCUT2D eigenvalue weighted by Crippen LogP contribution is -1.83. The summed E-state index contributed by atoms with van der Waals surface area (Å²) in [4.78, 5) is 1.23. The highest BCUT2D eigenvalue weighted by atomic mass is 32.1. The third kappa shape index (κ3) is 1.75. The van der Waals surface area contributed by atoms with Crippen molar-refractivity contribution >= 4 is 17.2 Å². The van der Waals surface area contributed by atoms with Crippen molar-refractivity contribution in [2.24, 2.45) is 0 Å². The van der Waals surface area contributed by atoms with Gasteiger partial charge in [0, 0.05) is 11.6 Å². The second-order valence-electron chi connectivity index (χ2n) is 4.02. The summed E-state index contributed by atoms with van der Waals surface area (Å²) in [6, 6.07) is 10.2. The van der Waals surface area contributed by atoms with E-state index in [1.54, 1.807) is 11.5 Å². The molecule has 1 aliphatic carbocycles. The molecule has 2 nitrogen and oxygen atoms in total. The number of nitrogens with two attached hydrogens (primary N) is 1. The van der Waals surface area contributed by atoms with E-state index < -0.39 is 0 Å². The molecule has 0 bridgehead atoms. The van der Waals surface area contributed by atoms with Gasteiger partial charge in [0.25, 0.3) is 0 Å². The first-order chi connectivity index (χ1) is 7.33. The molecule has 1 fully saturated rings. The van der Waals surface area contributed by atoms with Crippen LogP contribution in [0.5, 0.6) is 0 Å². The Labute approximate surface area is 92.9 Å². The summed E-state index contributed by atoms with van der Waals surface area (Å²) < 4.78 is 4.49. The summed E-state index contributed by atoms with van der Waals surface area (Å²) in [7, 11) is 0. The molecule has 0 atom stereocenters. The van der Waals surface area contributed by atoms with Crippen LogP contribution in [0, 0.1) is 0 Å². The van der Waals surface area contributed by atoms with Gasteiger partial charge < -0.3 is 5.73 Å². The van der Waals surface area contributed by atoms with Crippen LogP contribution in [-0.4, -0.2) is 4.37 Å². The summed E-state index contributed by atoms with van der Waals surface area (Å²) in [6.07, 6.45) is 2.61. The third-order valence-electron chi connectivity index (χ3n) is 2.70. The molecule has 76 valence electrons. The minimum Gasteiger partial charge on any atom is -0.399 e. The maximum absolute atomic E-state index is 5.76. The first kappa shape index (κ1) is 8.92. The van der Waals surface area contributed by atoms with Gasteiger partial charge in [-0.2, -0.15) is 4.37 Å². The van der Waals surface area contributed by atoms with Crippen molar-refractivity contribution in [3.05, 3.63) is 36.0 Å². The van der Waals surface area contributed by atoms with Crippen LogP contribution in [0.1, 0.15) is 24.5 Å². The first-order valence-electron chi connectivity index (χ1n) is 5.15. The van der Waals surface area contributed by atoms with Gasteiger partial charge in [-0.1, -0.05) is 12.1 Å². The van der Waals surface area contributed by atoms with E-state index in [0.29, 0.717) is 0 Å². The summed E-state index contributed by atoms with van der Waals surface area (Å²) in [5, 5.41) is 0. The Kier molecular flexibility index (Phi) is 1.99. The van der Waals surface area contributed by atoms with Crippen molar-refractivity contribution in [3.63, 3.8) is 0 Å². The van der Waals surface area contributed by atoms with Gasteiger partial charge >= 0.3 is 0 Å². The van der Waals surface area contributed by atoms with Crippen molar-refractivity contribution in [1.82, 2.24) is 4.37 Å². The number of nitrogen functional groups attached to an aromatic ring is 1. The zero-order chi connectivity index (χ0) is 10.3. The Morgan fingerprint density at radius 2 is 2.13 bits per heavy atom. The van der Waals surface area contributed by atoms with Gasteiger partial charge in [-0.25, -0.2) is 0 Å². The standard InChI is InChI=1S/C12H12N2S/c13-10-3-1-2-9(6-10)12-7-11(14-15-12)8-4-5-8/h1-3,6-8H,4-5,13H2. The van der Waals surface area contributed by atoms with Crippen LogP contribution in [0.4, 0.5) is 5.69 Å². The van der Waals surface area contributed by atoms with E-state index in [-0.39, 0.29) is 0 Å². The molecule has 3 heteroatoms. The Bertz CT molecular complexity index is 486. The number of hydrogen-bond acceptors (Lipinski definition) is 3. The maximum atomic E-state index is 5.76. The Balaban J connectivity index is 1.97. The highest BCUT2D eigenvalue weighted by molar-refractivity contribution is 7.09. The lowest BCUT2D eigenvalue weighted by Gasteiger charge is -1.97. The minimum absolute atomic E-state index is 0.732. The largest absolute Gasteiger partial charge is 0.399 e. The SMILES string of the molecule is Nc1cccc(-c2cc(C3CC3)ns2)c1. The van der Waals surface area contributed by atoms with Crippen LogP contribution in [0.15, 0.2) is 30.3 Å². The summed E-state index contributed by atoms with van der Waals surface area (Å²) >= 11 is 1.57. The molecule has 2 N–H and O–H groups in total. The quantitative estimate of drug-likeness (QED) is 0.782. The fourth-order valence-corrected chi connectivity index (χ4v) is 2.50. The fraction of sp³-hybridized carbons (Fsp3) is 0.250. The monoisotopic (exact) mass is 216 g/mol. The molecular weight excluding hydrogens is 204 g/mol. The molecule has 1 aromatic heterocycles. The Morgan fingerprint density at radius 3 is 2.87 bits per heavy atom. The predicted octanol–water partition coefficient (Wildman–Crippen LogP) is 3.27. The molecule has 0 unspecified atom stereocenters. The average molecular weight is 216 g/mol. The van der Waals surface area contributed by atoms with Gasteiger partial charge in [0.2, 0.25) is 0 Å². The molecule has 15 heavy (non-hydrogen) atoms.